The summed E-state index contributed by atoms with van der Waals surface area (Å²) in [5.74, 6) is -1.04. The molecule has 0 atom stereocenters. The summed E-state index contributed by atoms with van der Waals surface area (Å²) in [5, 5.41) is 9.51. The van der Waals surface area contributed by atoms with Gasteiger partial charge in [0.15, 0.2) is 0 Å². The van der Waals surface area contributed by atoms with Crippen LogP contribution in [-0.4, -0.2) is 47.1 Å². The van der Waals surface area contributed by atoms with Crippen LogP contribution in [0.5, 0.6) is 0 Å². The molecule has 158 valence electrons. The number of amides is 1. The normalized spacial score (nSPS) is 15.5. The Labute approximate surface area is 186 Å². The van der Waals surface area contributed by atoms with Gasteiger partial charge in [0.2, 0.25) is 0 Å². The van der Waals surface area contributed by atoms with Crippen molar-refractivity contribution in [2.45, 2.75) is 20.8 Å². The van der Waals surface area contributed by atoms with Gasteiger partial charge in [-0.05, 0) is 50.6 Å². The predicted molar refractivity (Wildman–Crippen MR) is 123 cm³/mol. The second-order valence-corrected chi connectivity index (χ2v) is 8.77. The van der Waals surface area contributed by atoms with Gasteiger partial charge in [0.25, 0.3) is 11.5 Å². The fourth-order valence-electron chi connectivity index (χ4n) is 3.61. The lowest BCUT2D eigenvalue weighted by Gasteiger charge is -2.16. The van der Waals surface area contributed by atoms with E-state index in [1.165, 1.54) is 4.68 Å². The van der Waals surface area contributed by atoms with Crippen molar-refractivity contribution < 1.29 is 14.7 Å². The number of aryl methyl sites for hydroxylation is 2. The zero-order valence-electron chi connectivity index (χ0n) is 16.9. The topological polar surface area (TPSA) is 97.4 Å². The number of nitrogens with zero attached hydrogens (tertiary/aromatic N) is 4. The SMILES string of the molecule is Cc1cc(C=C2SC(=S)N(CC(=O)O)C2=O)c(C)n1-n1c(C)nc2ccccc2c1=O. The van der Waals surface area contributed by atoms with E-state index in [2.05, 4.69) is 4.98 Å². The highest BCUT2D eigenvalue weighted by atomic mass is 32.2. The lowest BCUT2D eigenvalue weighted by Crippen LogP contribution is -2.33. The highest BCUT2D eigenvalue weighted by Crippen LogP contribution is 2.33. The molecule has 4 rings (SSSR count). The molecule has 8 nitrogen and oxygen atoms in total. The summed E-state index contributed by atoms with van der Waals surface area (Å²) in [6.07, 6.45) is 1.68. The molecular weight excluding hydrogens is 436 g/mol. The number of carbonyl (C=O) groups is 2. The van der Waals surface area contributed by atoms with Gasteiger partial charge in [0.05, 0.1) is 15.8 Å². The Morgan fingerprint density at radius 2 is 1.90 bits per heavy atom. The minimum absolute atomic E-state index is 0.191. The molecule has 1 aliphatic heterocycles. The summed E-state index contributed by atoms with van der Waals surface area (Å²) in [4.78, 5) is 42.8. The van der Waals surface area contributed by atoms with E-state index in [1.807, 2.05) is 26.0 Å². The van der Waals surface area contributed by atoms with E-state index < -0.39 is 18.4 Å². The zero-order chi connectivity index (χ0) is 22.4. The average Bonchev–Trinajstić information content (AvgIpc) is 3.12. The van der Waals surface area contributed by atoms with Crippen molar-refractivity contribution in [3.63, 3.8) is 0 Å². The number of fused-ring (bicyclic) bond motifs is 1. The lowest BCUT2D eigenvalue weighted by molar-refractivity contribution is -0.140. The van der Waals surface area contributed by atoms with E-state index in [1.54, 1.807) is 35.9 Å². The maximum absolute atomic E-state index is 13.2. The van der Waals surface area contributed by atoms with Crippen LogP contribution >= 0.6 is 24.0 Å². The molecule has 1 amide bonds. The van der Waals surface area contributed by atoms with E-state index in [9.17, 15) is 14.4 Å². The highest BCUT2D eigenvalue weighted by Gasteiger charge is 2.33. The van der Waals surface area contributed by atoms with Crippen molar-refractivity contribution in [1.82, 2.24) is 19.2 Å². The number of hydrogen-bond donors (Lipinski definition) is 1. The molecule has 1 aromatic carbocycles. The monoisotopic (exact) mass is 454 g/mol. The van der Waals surface area contributed by atoms with Crippen molar-refractivity contribution >= 4 is 57.2 Å². The molecule has 2 aromatic heterocycles. The second-order valence-electron chi connectivity index (χ2n) is 7.09. The molecule has 0 aliphatic carbocycles. The van der Waals surface area contributed by atoms with Crippen LogP contribution < -0.4 is 5.56 Å². The molecule has 0 radical (unpaired) electrons. The molecule has 1 N–H and O–H groups in total. The van der Waals surface area contributed by atoms with Gasteiger partial charge in [-0.1, -0.05) is 36.1 Å². The van der Waals surface area contributed by atoms with Crippen LogP contribution in [-0.2, 0) is 9.59 Å². The number of hydrogen-bond acceptors (Lipinski definition) is 6. The highest BCUT2D eigenvalue weighted by molar-refractivity contribution is 8.26. The van der Waals surface area contributed by atoms with Crippen LogP contribution in [0.25, 0.3) is 17.0 Å². The van der Waals surface area contributed by atoms with E-state index in [4.69, 9.17) is 17.3 Å². The molecule has 0 unspecified atom stereocenters. The predicted octanol–water partition coefficient (Wildman–Crippen LogP) is 2.72. The summed E-state index contributed by atoms with van der Waals surface area (Å²) in [6, 6.07) is 9.03. The minimum Gasteiger partial charge on any atom is -0.480 e. The lowest BCUT2D eigenvalue weighted by atomic mass is 10.2. The molecule has 1 saturated heterocycles. The molecule has 3 heterocycles. The van der Waals surface area contributed by atoms with Gasteiger partial charge < -0.3 is 5.11 Å². The first-order chi connectivity index (χ1) is 14.7. The first-order valence-corrected chi connectivity index (χ1v) is 10.6. The number of carboxylic acids is 1. The molecule has 0 spiro atoms. The van der Waals surface area contributed by atoms with Crippen LogP contribution in [0.3, 0.4) is 0 Å². The summed E-state index contributed by atoms with van der Waals surface area (Å²) >= 11 is 6.22. The number of para-hydroxylation sites is 1. The Kier molecular flexibility index (Phi) is 5.28. The zero-order valence-corrected chi connectivity index (χ0v) is 18.6. The quantitative estimate of drug-likeness (QED) is 0.478. The Balaban J connectivity index is 1.82. The fraction of sp³-hybridized carbons (Fsp3) is 0.190. The van der Waals surface area contributed by atoms with E-state index in [-0.39, 0.29) is 9.88 Å². The van der Waals surface area contributed by atoms with Gasteiger partial charge in [0, 0.05) is 11.4 Å². The van der Waals surface area contributed by atoms with Crippen molar-refractivity contribution in [1.29, 1.82) is 0 Å². The van der Waals surface area contributed by atoms with Crippen LogP contribution in [0.2, 0.25) is 0 Å². The van der Waals surface area contributed by atoms with Crippen LogP contribution in [0, 0.1) is 20.8 Å². The third kappa shape index (κ3) is 3.57. The van der Waals surface area contributed by atoms with Crippen molar-refractivity contribution in [3.05, 3.63) is 68.4 Å². The Hall–Kier alpha value is -3.24. The van der Waals surface area contributed by atoms with E-state index in [0.717, 1.165) is 33.6 Å². The first-order valence-electron chi connectivity index (χ1n) is 9.34. The Morgan fingerprint density at radius 1 is 1.19 bits per heavy atom. The Bertz CT molecular complexity index is 1370. The third-order valence-electron chi connectivity index (χ3n) is 5.00. The van der Waals surface area contributed by atoms with Crippen LogP contribution in [0.1, 0.15) is 22.8 Å². The van der Waals surface area contributed by atoms with Gasteiger partial charge in [-0.25, -0.2) is 4.98 Å². The second kappa shape index (κ2) is 7.78. The maximum Gasteiger partial charge on any atom is 0.323 e. The number of thiocarbonyl (C=S) groups is 1. The molecule has 1 fully saturated rings. The van der Waals surface area contributed by atoms with Gasteiger partial charge in [-0.15, -0.1) is 0 Å². The summed E-state index contributed by atoms with van der Waals surface area (Å²) in [7, 11) is 0. The molecule has 10 heteroatoms. The largest absolute Gasteiger partial charge is 0.480 e. The van der Waals surface area contributed by atoms with Crippen LogP contribution in [0.4, 0.5) is 0 Å². The summed E-state index contributed by atoms with van der Waals surface area (Å²) in [5.41, 5.74) is 2.69. The average molecular weight is 455 g/mol. The molecule has 3 aromatic rings. The fourth-order valence-corrected chi connectivity index (χ4v) is 4.86. The number of rotatable bonds is 4. The van der Waals surface area contributed by atoms with E-state index in [0.29, 0.717) is 21.6 Å². The standard InChI is InChI=1S/C21H18N4O4S2/c1-11-8-14(9-17-20(29)23(10-18(26)27)21(30)31-17)12(2)24(11)25-13(3)22-16-7-5-4-6-15(16)19(25)28/h4-9H,10H2,1-3H3,(H,26,27). The number of benzene rings is 1. The van der Waals surface area contributed by atoms with Gasteiger partial charge in [0.1, 0.15) is 16.7 Å². The van der Waals surface area contributed by atoms with E-state index >= 15 is 0 Å². The summed E-state index contributed by atoms with van der Waals surface area (Å²) < 4.78 is 3.49. The minimum atomic E-state index is -1.13. The van der Waals surface area contributed by atoms with Crippen molar-refractivity contribution in [2.75, 3.05) is 6.54 Å². The molecule has 31 heavy (non-hydrogen) atoms. The van der Waals surface area contributed by atoms with Crippen molar-refractivity contribution in [2.24, 2.45) is 0 Å². The molecule has 1 aliphatic rings. The maximum atomic E-state index is 13.2. The smallest absolute Gasteiger partial charge is 0.323 e. The molecule has 0 saturated carbocycles. The van der Waals surface area contributed by atoms with Gasteiger partial charge in [-0.3, -0.25) is 24.0 Å². The number of carbonyl (C=O) groups excluding carboxylic acids is 1. The number of aromatic nitrogens is 3. The Morgan fingerprint density at radius 3 is 2.61 bits per heavy atom. The number of carboxylic acid groups (broad SMARTS) is 1. The van der Waals surface area contributed by atoms with Gasteiger partial charge in [-0.2, -0.15) is 4.68 Å². The third-order valence-corrected chi connectivity index (χ3v) is 6.38. The van der Waals surface area contributed by atoms with Crippen LogP contribution in [0.15, 0.2) is 40.0 Å². The number of thioether (sulfide) groups is 1. The van der Waals surface area contributed by atoms with Gasteiger partial charge >= 0.3 is 5.97 Å². The molecule has 0 bridgehead atoms. The first kappa shape index (κ1) is 21.0. The number of aliphatic carboxylic acids is 1. The van der Waals surface area contributed by atoms with Crippen molar-refractivity contribution in [3.8, 4) is 0 Å². The summed E-state index contributed by atoms with van der Waals surface area (Å²) in [6.45, 7) is 5.00. The molecular formula is C21H18N4O4S2.